The van der Waals surface area contributed by atoms with Gasteiger partial charge in [-0.25, -0.2) is 4.79 Å². The summed E-state index contributed by atoms with van der Waals surface area (Å²) in [5.74, 6) is -1.52. The molecule has 1 aromatic rings. The molecule has 0 spiro atoms. The summed E-state index contributed by atoms with van der Waals surface area (Å²) in [6, 6.07) is 2.17. The summed E-state index contributed by atoms with van der Waals surface area (Å²) in [6.07, 6.45) is 1.44. The zero-order valence-corrected chi connectivity index (χ0v) is 8.41. The Kier molecular flexibility index (Phi) is 3.33. The Hall–Kier alpha value is -1.98. The zero-order chi connectivity index (χ0) is 11.4. The molecule has 1 unspecified atom stereocenters. The van der Waals surface area contributed by atoms with Gasteiger partial charge in [0.1, 0.15) is 6.04 Å². The molecule has 0 aromatic carbocycles. The molecule has 1 aromatic heterocycles. The Morgan fingerprint density at radius 2 is 2.20 bits per heavy atom. The van der Waals surface area contributed by atoms with Gasteiger partial charge in [-0.15, -0.1) is 5.10 Å². The minimum Gasteiger partial charge on any atom is -0.480 e. The summed E-state index contributed by atoms with van der Waals surface area (Å²) in [4.78, 5) is 23.4. The Bertz CT molecular complexity index is 366. The van der Waals surface area contributed by atoms with Crippen LogP contribution in [0.1, 0.15) is 17.4 Å². The highest BCUT2D eigenvalue weighted by Gasteiger charge is 2.23. The van der Waals surface area contributed by atoms with Gasteiger partial charge in [-0.1, -0.05) is 0 Å². The number of aliphatic carboxylic acids is 1. The van der Waals surface area contributed by atoms with Crippen molar-refractivity contribution < 1.29 is 14.7 Å². The molecule has 6 heteroatoms. The van der Waals surface area contributed by atoms with Crippen LogP contribution < -0.4 is 0 Å². The number of aromatic nitrogens is 2. The molecule has 15 heavy (non-hydrogen) atoms. The standard InChI is InChI=1S/C9H11N3O3/c1-6(9(14)15)12(2)8(13)7-4-3-5-10-11-7/h3-6H,1-2H3,(H,14,15). The van der Waals surface area contributed by atoms with Gasteiger partial charge in [0.25, 0.3) is 5.91 Å². The Balaban J connectivity index is 2.82. The maximum atomic E-state index is 11.7. The molecule has 1 rings (SSSR count). The molecule has 1 atom stereocenters. The lowest BCUT2D eigenvalue weighted by atomic mass is 10.2. The minimum absolute atomic E-state index is 0.133. The molecular formula is C9H11N3O3. The van der Waals surface area contributed by atoms with Crippen LogP contribution >= 0.6 is 0 Å². The van der Waals surface area contributed by atoms with Gasteiger partial charge in [0.15, 0.2) is 5.69 Å². The highest BCUT2D eigenvalue weighted by atomic mass is 16.4. The quantitative estimate of drug-likeness (QED) is 0.758. The Morgan fingerprint density at radius 3 is 2.67 bits per heavy atom. The highest BCUT2D eigenvalue weighted by Crippen LogP contribution is 2.02. The topological polar surface area (TPSA) is 83.4 Å². The van der Waals surface area contributed by atoms with E-state index in [-0.39, 0.29) is 5.69 Å². The molecule has 0 radical (unpaired) electrons. The molecule has 0 saturated heterocycles. The molecule has 0 fully saturated rings. The van der Waals surface area contributed by atoms with E-state index in [0.29, 0.717) is 0 Å². The second-order valence-corrected chi connectivity index (χ2v) is 3.04. The van der Waals surface area contributed by atoms with Gasteiger partial charge >= 0.3 is 5.97 Å². The van der Waals surface area contributed by atoms with Gasteiger partial charge < -0.3 is 10.0 Å². The molecule has 0 saturated carbocycles. The molecule has 0 aliphatic heterocycles. The fraction of sp³-hybridized carbons (Fsp3) is 0.333. The molecule has 80 valence electrons. The normalized spacial score (nSPS) is 11.9. The first-order valence-corrected chi connectivity index (χ1v) is 4.31. The fourth-order valence-corrected chi connectivity index (χ4v) is 0.938. The Morgan fingerprint density at radius 1 is 1.53 bits per heavy atom. The molecule has 1 heterocycles. The number of hydrogen-bond donors (Lipinski definition) is 1. The number of nitrogens with zero attached hydrogens (tertiary/aromatic N) is 3. The molecule has 6 nitrogen and oxygen atoms in total. The third-order valence-electron chi connectivity index (χ3n) is 2.05. The third kappa shape index (κ3) is 2.49. The van der Waals surface area contributed by atoms with Crippen molar-refractivity contribution in [3.8, 4) is 0 Å². The minimum atomic E-state index is -1.06. The molecule has 0 aliphatic carbocycles. The molecule has 0 aliphatic rings. The third-order valence-corrected chi connectivity index (χ3v) is 2.05. The summed E-state index contributed by atoms with van der Waals surface area (Å²) < 4.78 is 0. The zero-order valence-electron chi connectivity index (χ0n) is 8.41. The summed E-state index contributed by atoms with van der Waals surface area (Å²) in [6.45, 7) is 1.43. The van der Waals surface area contributed by atoms with E-state index in [4.69, 9.17) is 5.11 Å². The van der Waals surface area contributed by atoms with Gasteiger partial charge in [-0.2, -0.15) is 5.10 Å². The first-order valence-electron chi connectivity index (χ1n) is 4.31. The summed E-state index contributed by atoms with van der Waals surface area (Å²) in [5, 5.41) is 15.9. The largest absolute Gasteiger partial charge is 0.480 e. The van der Waals surface area contributed by atoms with Gasteiger partial charge in [0.2, 0.25) is 0 Å². The van der Waals surface area contributed by atoms with Crippen LogP contribution in [-0.4, -0.2) is 45.2 Å². The predicted molar refractivity (Wildman–Crippen MR) is 51.2 cm³/mol. The van der Waals surface area contributed by atoms with E-state index in [1.165, 1.54) is 26.2 Å². The van der Waals surface area contributed by atoms with Crippen molar-refractivity contribution in [1.29, 1.82) is 0 Å². The van der Waals surface area contributed by atoms with Crippen LogP contribution in [0.15, 0.2) is 18.3 Å². The van der Waals surface area contributed by atoms with E-state index < -0.39 is 17.9 Å². The summed E-state index contributed by atoms with van der Waals surface area (Å²) in [7, 11) is 1.41. The van der Waals surface area contributed by atoms with E-state index >= 15 is 0 Å². The lowest BCUT2D eigenvalue weighted by Crippen LogP contribution is -2.40. The van der Waals surface area contributed by atoms with Crippen LogP contribution in [0.25, 0.3) is 0 Å². The van der Waals surface area contributed by atoms with Crippen molar-refractivity contribution in [1.82, 2.24) is 15.1 Å². The van der Waals surface area contributed by atoms with E-state index in [1.54, 1.807) is 6.07 Å². The predicted octanol–water partition coefficient (Wildman–Crippen LogP) is 0.0217. The fourth-order valence-electron chi connectivity index (χ4n) is 0.938. The average Bonchev–Trinajstić information content (AvgIpc) is 2.27. The van der Waals surface area contributed by atoms with Gasteiger partial charge in [0.05, 0.1) is 0 Å². The van der Waals surface area contributed by atoms with Crippen molar-refractivity contribution in [2.24, 2.45) is 0 Å². The first kappa shape index (κ1) is 11.1. The lowest BCUT2D eigenvalue weighted by molar-refractivity contribution is -0.141. The first-order chi connectivity index (χ1) is 7.04. The van der Waals surface area contributed by atoms with E-state index in [0.717, 1.165) is 4.90 Å². The SMILES string of the molecule is CC(C(=O)O)N(C)C(=O)c1cccnn1. The highest BCUT2D eigenvalue weighted by molar-refractivity contribution is 5.94. The van der Waals surface area contributed by atoms with Crippen LogP contribution in [0, 0.1) is 0 Å². The molecular weight excluding hydrogens is 198 g/mol. The maximum absolute atomic E-state index is 11.7. The van der Waals surface area contributed by atoms with Crippen LogP contribution in [0.5, 0.6) is 0 Å². The van der Waals surface area contributed by atoms with Crippen molar-refractivity contribution in [2.45, 2.75) is 13.0 Å². The smallest absolute Gasteiger partial charge is 0.326 e. The lowest BCUT2D eigenvalue weighted by Gasteiger charge is -2.20. The molecule has 1 amide bonds. The maximum Gasteiger partial charge on any atom is 0.326 e. The van der Waals surface area contributed by atoms with Crippen molar-refractivity contribution >= 4 is 11.9 Å². The number of carbonyl (C=O) groups excluding carboxylic acids is 1. The van der Waals surface area contributed by atoms with Crippen LogP contribution in [0.2, 0.25) is 0 Å². The van der Waals surface area contributed by atoms with Gasteiger partial charge in [-0.05, 0) is 19.1 Å². The van der Waals surface area contributed by atoms with E-state index in [2.05, 4.69) is 10.2 Å². The number of likely N-dealkylation sites (N-methyl/N-ethyl adjacent to an activating group) is 1. The number of carboxylic acids is 1. The summed E-state index contributed by atoms with van der Waals surface area (Å²) in [5.41, 5.74) is 0.133. The van der Waals surface area contributed by atoms with Crippen LogP contribution in [0.4, 0.5) is 0 Å². The number of hydrogen-bond acceptors (Lipinski definition) is 4. The number of carbonyl (C=O) groups is 2. The van der Waals surface area contributed by atoms with E-state index in [9.17, 15) is 9.59 Å². The van der Waals surface area contributed by atoms with Crippen molar-refractivity contribution in [2.75, 3.05) is 7.05 Å². The van der Waals surface area contributed by atoms with Crippen LogP contribution in [0.3, 0.4) is 0 Å². The monoisotopic (exact) mass is 209 g/mol. The van der Waals surface area contributed by atoms with Crippen molar-refractivity contribution in [3.63, 3.8) is 0 Å². The second-order valence-electron chi connectivity index (χ2n) is 3.04. The van der Waals surface area contributed by atoms with Gasteiger partial charge in [0, 0.05) is 13.2 Å². The molecule has 1 N–H and O–H groups in total. The van der Waals surface area contributed by atoms with E-state index in [1.807, 2.05) is 0 Å². The summed E-state index contributed by atoms with van der Waals surface area (Å²) >= 11 is 0. The second kappa shape index (κ2) is 4.50. The Labute approximate surface area is 86.5 Å². The van der Waals surface area contributed by atoms with Gasteiger partial charge in [-0.3, -0.25) is 4.79 Å². The number of amides is 1. The van der Waals surface area contributed by atoms with Crippen molar-refractivity contribution in [3.05, 3.63) is 24.0 Å². The van der Waals surface area contributed by atoms with Crippen LogP contribution in [-0.2, 0) is 4.79 Å². The average molecular weight is 209 g/mol. The number of carboxylic acid groups (broad SMARTS) is 1. The molecule has 0 bridgehead atoms. The number of rotatable bonds is 3.